The highest BCUT2D eigenvalue weighted by atomic mass is 16.6. The van der Waals surface area contributed by atoms with Crippen LogP contribution in [-0.2, 0) is 4.79 Å². The highest BCUT2D eigenvalue weighted by Gasteiger charge is 2.30. The zero-order valence-electron chi connectivity index (χ0n) is 15.5. The average molecular weight is 397 g/mol. The van der Waals surface area contributed by atoms with Crippen molar-refractivity contribution in [3.05, 3.63) is 94.2 Å². The van der Waals surface area contributed by atoms with Crippen molar-refractivity contribution >= 4 is 45.1 Å². The molecule has 2 heterocycles. The van der Waals surface area contributed by atoms with Crippen LogP contribution in [0, 0.1) is 10.1 Å². The number of non-ortho nitro benzene ring substituents is 1. The maximum Gasteiger partial charge on any atom is 0.270 e. The lowest BCUT2D eigenvalue weighted by Crippen LogP contribution is -2.10. The van der Waals surface area contributed by atoms with Crippen LogP contribution in [0.4, 0.5) is 17.1 Å². The predicted molar refractivity (Wildman–Crippen MR) is 115 cm³/mol. The van der Waals surface area contributed by atoms with Gasteiger partial charge in [-0.05, 0) is 29.8 Å². The van der Waals surface area contributed by atoms with Crippen LogP contribution in [-0.4, -0.2) is 21.0 Å². The number of amides is 1. The van der Waals surface area contributed by atoms with E-state index in [2.05, 4.69) is 20.8 Å². The van der Waals surface area contributed by atoms with Gasteiger partial charge in [0.25, 0.3) is 11.6 Å². The van der Waals surface area contributed by atoms with Crippen molar-refractivity contribution < 1.29 is 9.72 Å². The second kappa shape index (κ2) is 6.85. The molecule has 146 valence electrons. The number of aromatic amines is 1. The fraction of sp³-hybridized carbons (Fsp3) is 0. The third-order valence-electron chi connectivity index (χ3n) is 4.98. The van der Waals surface area contributed by atoms with Gasteiger partial charge in [-0.1, -0.05) is 30.3 Å². The van der Waals surface area contributed by atoms with E-state index in [1.54, 1.807) is 12.3 Å². The molecular formula is C22H15N5O3. The van der Waals surface area contributed by atoms with Crippen LogP contribution in [0.5, 0.6) is 0 Å². The first-order valence-corrected chi connectivity index (χ1v) is 9.20. The van der Waals surface area contributed by atoms with E-state index < -0.39 is 4.92 Å². The number of nitro groups is 1. The number of rotatable bonds is 4. The van der Waals surface area contributed by atoms with Gasteiger partial charge in [-0.25, -0.2) is 0 Å². The lowest BCUT2D eigenvalue weighted by atomic mass is 9.99. The predicted octanol–water partition coefficient (Wildman–Crippen LogP) is 4.40. The van der Waals surface area contributed by atoms with Crippen LogP contribution in [0.3, 0.4) is 0 Å². The number of fused-ring (bicyclic) bond motifs is 2. The lowest BCUT2D eigenvalue weighted by molar-refractivity contribution is -0.384. The van der Waals surface area contributed by atoms with E-state index in [9.17, 15) is 14.9 Å². The summed E-state index contributed by atoms with van der Waals surface area (Å²) in [5.41, 5.74) is 4.33. The molecule has 0 atom stereocenters. The van der Waals surface area contributed by atoms with Gasteiger partial charge in [-0.3, -0.25) is 20.0 Å². The molecule has 1 aliphatic heterocycles. The van der Waals surface area contributed by atoms with Gasteiger partial charge in [0.2, 0.25) is 0 Å². The SMILES string of the molecule is O=C1Nc2ccc([N+](=O)[O-])cc2C1=C(Nc1ccc2[nH]ncc2c1)c1ccccc1. The Kier molecular flexibility index (Phi) is 4.03. The fourth-order valence-corrected chi connectivity index (χ4v) is 3.57. The summed E-state index contributed by atoms with van der Waals surface area (Å²) in [6.07, 6.45) is 1.72. The van der Waals surface area contributed by atoms with Crippen molar-refractivity contribution in [2.24, 2.45) is 0 Å². The maximum atomic E-state index is 12.9. The minimum absolute atomic E-state index is 0.0741. The third-order valence-corrected chi connectivity index (χ3v) is 4.98. The van der Waals surface area contributed by atoms with Gasteiger partial charge in [0.1, 0.15) is 0 Å². The van der Waals surface area contributed by atoms with Gasteiger partial charge in [-0.2, -0.15) is 5.10 Å². The van der Waals surface area contributed by atoms with Crippen LogP contribution in [0.2, 0.25) is 0 Å². The number of nitrogens with one attached hydrogen (secondary N) is 3. The van der Waals surface area contributed by atoms with Crippen LogP contribution in [0.25, 0.3) is 22.2 Å². The summed E-state index contributed by atoms with van der Waals surface area (Å²) in [6, 6.07) is 19.4. The summed E-state index contributed by atoms with van der Waals surface area (Å²) in [6.45, 7) is 0. The molecule has 3 aromatic carbocycles. The minimum Gasteiger partial charge on any atom is -0.354 e. The van der Waals surface area contributed by atoms with Gasteiger partial charge in [-0.15, -0.1) is 0 Å². The molecule has 0 fully saturated rings. The monoisotopic (exact) mass is 397 g/mol. The lowest BCUT2D eigenvalue weighted by Gasteiger charge is -2.15. The molecule has 1 amide bonds. The molecule has 5 rings (SSSR count). The molecule has 0 bridgehead atoms. The number of anilines is 2. The van der Waals surface area contributed by atoms with Gasteiger partial charge in [0.05, 0.1) is 27.9 Å². The summed E-state index contributed by atoms with van der Waals surface area (Å²) >= 11 is 0. The van der Waals surface area contributed by atoms with Crippen molar-refractivity contribution in [3.8, 4) is 0 Å². The summed E-state index contributed by atoms with van der Waals surface area (Å²) in [7, 11) is 0. The first-order chi connectivity index (χ1) is 14.6. The summed E-state index contributed by atoms with van der Waals surface area (Å²) in [5, 5.41) is 25.3. The molecule has 8 nitrogen and oxygen atoms in total. The van der Waals surface area contributed by atoms with Gasteiger partial charge in [0, 0.05) is 34.5 Å². The molecule has 0 unspecified atom stereocenters. The molecule has 0 saturated heterocycles. The number of nitrogens with zero attached hydrogens (tertiary/aromatic N) is 2. The average Bonchev–Trinajstić information content (AvgIpc) is 3.35. The number of nitro benzene ring substituents is 1. The van der Waals surface area contributed by atoms with Crippen molar-refractivity contribution in [1.29, 1.82) is 0 Å². The quantitative estimate of drug-likeness (QED) is 0.268. The zero-order valence-corrected chi connectivity index (χ0v) is 15.5. The largest absolute Gasteiger partial charge is 0.354 e. The van der Waals surface area contributed by atoms with E-state index in [1.807, 2.05) is 48.5 Å². The number of carbonyl (C=O) groups excluding carboxylic acids is 1. The fourth-order valence-electron chi connectivity index (χ4n) is 3.57. The second-order valence-electron chi connectivity index (χ2n) is 6.85. The molecule has 1 aliphatic rings. The summed E-state index contributed by atoms with van der Waals surface area (Å²) < 4.78 is 0. The first-order valence-electron chi connectivity index (χ1n) is 9.20. The van der Waals surface area contributed by atoms with E-state index in [1.165, 1.54) is 12.1 Å². The number of hydrogen-bond acceptors (Lipinski definition) is 5. The topological polar surface area (TPSA) is 113 Å². The van der Waals surface area contributed by atoms with Crippen molar-refractivity contribution in [1.82, 2.24) is 10.2 Å². The van der Waals surface area contributed by atoms with Gasteiger partial charge >= 0.3 is 0 Å². The highest BCUT2D eigenvalue weighted by molar-refractivity contribution is 6.37. The Morgan fingerprint density at radius 2 is 1.87 bits per heavy atom. The van der Waals surface area contributed by atoms with Crippen molar-refractivity contribution in [2.45, 2.75) is 0 Å². The smallest absolute Gasteiger partial charge is 0.270 e. The molecule has 0 spiro atoms. The molecule has 0 saturated carbocycles. The van der Waals surface area contributed by atoms with E-state index in [0.29, 0.717) is 22.5 Å². The van der Waals surface area contributed by atoms with Crippen molar-refractivity contribution in [2.75, 3.05) is 10.6 Å². The third kappa shape index (κ3) is 2.96. The van der Waals surface area contributed by atoms with Crippen LogP contribution >= 0.6 is 0 Å². The van der Waals surface area contributed by atoms with E-state index >= 15 is 0 Å². The summed E-state index contributed by atoms with van der Waals surface area (Å²) in [4.78, 5) is 23.7. The highest BCUT2D eigenvalue weighted by Crippen LogP contribution is 2.39. The number of benzene rings is 3. The Morgan fingerprint density at radius 3 is 2.67 bits per heavy atom. The Hall–Kier alpha value is -4.46. The van der Waals surface area contributed by atoms with E-state index in [4.69, 9.17) is 0 Å². The zero-order chi connectivity index (χ0) is 20.7. The van der Waals surface area contributed by atoms with E-state index in [0.717, 1.165) is 22.2 Å². The molecule has 1 aromatic heterocycles. The van der Waals surface area contributed by atoms with E-state index in [-0.39, 0.29) is 11.6 Å². The van der Waals surface area contributed by atoms with Crippen molar-refractivity contribution in [3.63, 3.8) is 0 Å². The van der Waals surface area contributed by atoms with Gasteiger partial charge in [0.15, 0.2) is 0 Å². The Bertz CT molecular complexity index is 1340. The normalized spacial score (nSPS) is 14.3. The standard InChI is InChI=1S/C22H15N5O3/c28-22-20(17-11-16(27(29)30)7-9-19(17)25-22)21(13-4-2-1-3-5-13)24-15-6-8-18-14(10-15)12-23-26-18/h1-12,24H,(H,23,26)(H,25,28). The molecule has 0 aliphatic carbocycles. The second-order valence-corrected chi connectivity index (χ2v) is 6.85. The molecule has 3 N–H and O–H groups in total. The minimum atomic E-state index is -0.469. The summed E-state index contributed by atoms with van der Waals surface area (Å²) in [5.74, 6) is -0.318. The van der Waals surface area contributed by atoms with Crippen LogP contribution in [0.1, 0.15) is 11.1 Å². The Morgan fingerprint density at radius 1 is 1.03 bits per heavy atom. The molecule has 30 heavy (non-hydrogen) atoms. The number of carbonyl (C=O) groups is 1. The Labute approximate surface area is 170 Å². The molecule has 4 aromatic rings. The maximum absolute atomic E-state index is 12.9. The first kappa shape index (κ1) is 17.6. The van der Waals surface area contributed by atoms with Gasteiger partial charge < -0.3 is 10.6 Å². The van der Waals surface area contributed by atoms with Crippen LogP contribution < -0.4 is 10.6 Å². The molecule has 8 heteroatoms. The molecular weight excluding hydrogens is 382 g/mol. The number of H-pyrrole nitrogens is 1. The number of aromatic nitrogens is 2. The Balaban J connectivity index is 1.71. The molecule has 0 radical (unpaired) electrons. The number of hydrogen-bond donors (Lipinski definition) is 3. The van der Waals surface area contributed by atoms with Crippen LogP contribution in [0.15, 0.2) is 72.9 Å².